The normalized spacial score (nSPS) is 13.3. The lowest BCUT2D eigenvalue weighted by molar-refractivity contribution is 0.513. The lowest BCUT2D eigenvalue weighted by Crippen LogP contribution is -2.22. The summed E-state index contributed by atoms with van der Waals surface area (Å²) >= 11 is 1.90. The van der Waals surface area contributed by atoms with Gasteiger partial charge in [0, 0.05) is 18.8 Å². The molecule has 0 bridgehead atoms. The molecule has 1 atom stereocenters. The Morgan fingerprint density at radius 3 is 2.75 bits per heavy atom. The number of aromatic nitrogens is 2. The summed E-state index contributed by atoms with van der Waals surface area (Å²) in [5, 5.41) is 7.95. The van der Waals surface area contributed by atoms with Crippen LogP contribution in [0.4, 0.5) is 0 Å². The summed E-state index contributed by atoms with van der Waals surface area (Å²) in [6, 6.07) is 2.54. The number of hydrogen-bond donors (Lipinski definition) is 1. The highest BCUT2D eigenvalue weighted by atomic mass is 32.2. The molecule has 3 nitrogen and oxygen atoms in total. The van der Waals surface area contributed by atoms with Crippen LogP contribution in [0.1, 0.15) is 32.5 Å². The van der Waals surface area contributed by atoms with E-state index in [9.17, 15) is 0 Å². The van der Waals surface area contributed by atoms with Gasteiger partial charge < -0.3 is 5.32 Å². The number of nitrogens with zero attached hydrogens (tertiary/aromatic N) is 2. The van der Waals surface area contributed by atoms with Crippen molar-refractivity contribution in [2.45, 2.75) is 33.4 Å². The van der Waals surface area contributed by atoms with Crippen molar-refractivity contribution >= 4 is 11.8 Å². The van der Waals surface area contributed by atoms with Gasteiger partial charge in [-0.15, -0.1) is 0 Å². The van der Waals surface area contributed by atoms with Gasteiger partial charge in [-0.3, -0.25) is 4.68 Å². The first-order valence-corrected chi connectivity index (χ1v) is 7.26. The first-order valence-electron chi connectivity index (χ1n) is 5.87. The minimum absolute atomic E-state index is 0.448. The van der Waals surface area contributed by atoms with Crippen molar-refractivity contribution < 1.29 is 0 Å². The Balaban J connectivity index is 2.26. The van der Waals surface area contributed by atoms with Gasteiger partial charge in [0.15, 0.2) is 0 Å². The molecular weight excluding hydrogens is 218 g/mol. The van der Waals surface area contributed by atoms with E-state index in [-0.39, 0.29) is 0 Å². The van der Waals surface area contributed by atoms with Gasteiger partial charge in [0.05, 0.1) is 5.69 Å². The van der Waals surface area contributed by atoms with Gasteiger partial charge >= 0.3 is 0 Å². The Labute approximate surface area is 103 Å². The molecule has 0 aliphatic heterocycles. The molecule has 1 aromatic rings. The summed E-state index contributed by atoms with van der Waals surface area (Å²) in [6.45, 7) is 8.50. The van der Waals surface area contributed by atoms with Gasteiger partial charge in [0.1, 0.15) is 0 Å². The summed E-state index contributed by atoms with van der Waals surface area (Å²) in [4.78, 5) is 0. The third-order valence-corrected chi connectivity index (χ3v) is 3.35. The maximum Gasteiger partial charge on any atom is 0.0762 e. The fourth-order valence-electron chi connectivity index (χ4n) is 1.55. The van der Waals surface area contributed by atoms with Gasteiger partial charge in [0.2, 0.25) is 0 Å². The molecule has 0 saturated heterocycles. The van der Waals surface area contributed by atoms with Crippen LogP contribution in [0.5, 0.6) is 0 Å². The van der Waals surface area contributed by atoms with Crippen molar-refractivity contribution in [2.75, 3.05) is 18.6 Å². The predicted molar refractivity (Wildman–Crippen MR) is 71.9 cm³/mol. The highest BCUT2D eigenvalue weighted by Crippen LogP contribution is 2.05. The van der Waals surface area contributed by atoms with Crippen LogP contribution in [0.15, 0.2) is 12.3 Å². The van der Waals surface area contributed by atoms with E-state index in [0.29, 0.717) is 6.04 Å². The summed E-state index contributed by atoms with van der Waals surface area (Å²) in [5.41, 5.74) is 1.13. The molecular formula is C12H23N3S. The van der Waals surface area contributed by atoms with Crippen LogP contribution < -0.4 is 5.32 Å². The first-order chi connectivity index (χ1) is 7.63. The zero-order valence-corrected chi connectivity index (χ0v) is 11.5. The maximum atomic E-state index is 4.50. The monoisotopic (exact) mass is 241 g/mol. The first kappa shape index (κ1) is 13.6. The molecule has 1 unspecified atom stereocenters. The lowest BCUT2D eigenvalue weighted by Gasteiger charge is -2.10. The van der Waals surface area contributed by atoms with E-state index in [1.807, 2.05) is 22.6 Å². The average Bonchev–Trinajstić information content (AvgIpc) is 2.67. The quantitative estimate of drug-likeness (QED) is 0.795. The molecule has 1 aromatic heterocycles. The van der Waals surface area contributed by atoms with Crippen LogP contribution >= 0.6 is 11.8 Å². The van der Waals surface area contributed by atoms with Crippen molar-refractivity contribution in [3.8, 4) is 0 Å². The van der Waals surface area contributed by atoms with Crippen LogP contribution in [0.3, 0.4) is 0 Å². The minimum Gasteiger partial charge on any atom is -0.311 e. The molecule has 1 rings (SSSR count). The molecule has 0 radical (unpaired) electrons. The maximum absolute atomic E-state index is 4.50. The Hall–Kier alpha value is -0.480. The molecule has 92 valence electrons. The summed E-state index contributed by atoms with van der Waals surface area (Å²) in [7, 11) is 0. The van der Waals surface area contributed by atoms with E-state index in [4.69, 9.17) is 0 Å². The molecule has 1 N–H and O–H groups in total. The van der Waals surface area contributed by atoms with Gasteiger partial charge in [-0.2, -0.15) is 16.9 Å². The second kappa shape index (κ2) is 6.97. The van der Waals surface area contributed by atoms with Crippen molar-refractivity contribution in [1.82, 2.24) is 15.1 Å². The molecule has 16 heavy (non-hydrogen) atoms. The molecule has 0 fully saturated rings. The average molecular weight is 241 g/mol. The van der Waals surface area contributed by atoms with Gasteiger partial charge in [-0.05, 0) is 44.4 Å². The van der Waals surface area contributed by atoms with Crippen LogP contribution in [0, 0.1) is 5.92 Å². The fraction of sp³-hybridized carbons (Fsp3) is 0.750. The number of hydrogen-bond acceptors (Lipinski definition) is 3. The smallest absolute Gasteiger partial charge is 0.0762 e. The van der Waals surface area contributed by atoms with E-state index < -0.39 is 0 Å². The number of nitrogens with one attached hydrogen (secondary N) is 1. The highest BCUT2D eigenvalue weighted by molar-refractivity contribution is 7.98. The van der Waals surface area contributed by atoms with Gasteiger partial charge in [0.25, 0.3) is 0 Å². The second-order valence-electron chi connectivity index (χ2n) is 4.57. The molecule has 0 spiro atoms. The molecule has 1 heterocycles. The van der Waals surface area contributed by atoms with Crippen LogP contribution in [0.2, 0.25) is 0 Å². The van der Waals surface area contributed by atoms with E-state index in [2.05, 4.69) is 43.5 Å². The summed E-state index contributed by atoms with van der Waals surface area (Å²) in [6.07, 6.45) is 4.20. The molecule has 0 amide bonds. The largest absolute Gasteiger partial charge is 0.311 e. The lowest BCUT2D eigenvalue weighted by atomic mass is 10.2. The minimum atomic E-state index is 0.448. The second-order valence-corrected chi connectivity index (χ2v) is 5.48. The Bertz CT molecular complexity index is 296. The summed E-state index contributed by atoms with van der Waals surface area (Å²) in [5.74, 6) is 1.94. The zero-order chi connectivity index (χ0) is 12.0. The Morgan fingerprint density at radius 2 is 2.19 bits per heavy atom. The topological polar surface area (TPSA) is 29.9 Å². The highest BCUT2D eigenvalue weighted by Gasteiger charge is 2.03. The molecule has 0 aromatic carbocycles. The fourth-order valence-corrected chi connectivity index (χ4v) is 2.24. The standard InChI is InChI=1S/C12H23N3S/c1-10(2)15-6-5-12(14-15)8-13-7-11(3)9-16-4/h5-6,10-11,13H,7-9H2,1-4H3. The van der Waals surface area contributed by atoms with Gasteiger partial charge in [-0.1, -0.05) is 6.92 Å². The van der Waals surface area contributed by atoms with E-state index in [1.54, 1.807) is 0 Å². The number of rotatable bonds is 7. The predicted octanol–water partition coefficient (Wildman–Crippen LogP) is 2.55. The number of thioether (sulfide) groups is 1. The van der Waals surface area contributed by atoms with Crippen molar-refractivity contribution in [1.29, 1.82) is 0 Å². The SMILES string of the molecule is CSCC(C)CNCc1ccn(C(C)C)n1. The van der Waals surface area contributed by atoms with E-state index >= 15 is 0 Å². The van der Waals surface area contributed by atoms with E-state index in [0.717, 1.165) is 24.7 Å². The van der Waals surface area contributed by atoms with Crippen molar-refractivity contribution in [2.24, 2.45) is 5.92 Å². The molecule has 4 heteroatoms. The molecule has 0 saturated carbocycles. The molecule has 0 aliphatic rings. The van der Waals surface area contributed by atoms with Crippen LogP contribution in [0.25, 0.3) is 0 Å². The van der Waals surface area contributed by atoms with Crippen LogP contribution in [-0.2, 0) is 6.54 Å². The van der Waals surface area contributed by atoms with Crippen LogP contribution in [-0.4, -0.2) is 28.3 Å². The third kappa shape index (κ3) is 4.58. The van der Waals surface area contributed by atoms with Crippen molar-refractivity contribution in [3.63, 3.8) is 0 Å². The Kier molecular flexibility index (Phi) is 5.91. The van der Waals surface area contributed by atoms with Crippen molar-refractivity contribution in [3.05, 3.63) is 18.0 Å². The third-order valence-electron chi connectivity index (χ3n) is 2.44. The Morgan fingerprint density at radius 1 is 1.44 bits per heavy atom. The molecule has 0 aliphatic carbocycles. The summed E-state index contributed by atoms with van der Waals surface area (Å²) < 4.78 is 2.00. The van der Waals surface area contributed by atoms with Gasteiger partial charge in [-0.25, -0.2) is 0 Å². The van der Waals surface area contributed by atoms with E-state index in [1.165, 1.54) is 5.75 Å². The zero-order valence-electron chi connectivity index (χ0n) is 10.7.